The molecule has 0 saturated heterocycles. The zero-order valence-electron chi connectivity index (χ0n) is 7.72. The quantitative estimate of drug-likeness (QED) is 0.908. The lowest BCUT2D eigenvalue weighted by atomic mass is 10.2. The topological polar surface area (TPSA) is 42.2 Å². The number of carboxylic acid groups (broad SMARTS) is 1. The highest BCUT2D eigenvalue weighted by atomic mass is 79.9. The summed E-state index contributed by atoms with van der Waals surface area (Å²) >= 11 is 3.20. The molecule has 0 saturated carbocycles. The van der Waals surface area contributed by atoms with Crippen molar-refractivity contribution in [3.63, 3.8) is 0 Å². The molecular formula is C11H8BrNO2. The van der Waals surface area contributed by atoms with E-state index in [9.17, 15) is 4.79 Å². The van der Waals surface area contributed by atoms with Gasteiger partial charge in [-0.1, -0.05) is 0 Å². The van der Waals surface area contributed by atoms with Crippen LogP contribution < -0.4 is 0 Å². The molecule has 1 aromatic carbocycles. The molecule has 76 valence electrons. The van der Waals surface area contributed by atoms with Gasteiger partial charge in [0.15, 0.2) is 0 Å². The molecule has 2 aromatic rings. The van der Waals surface area contributed by atoms with Crippen LogP contribution in [0.2, 0.25) is 0 Å². The maximum absolute atomic E-state index is 10.9. The lowest BCUT2D eigenvalue weighted by Crippen LogP contribution is -2.00. The predicted molar refractivity (Wildman–Crippen MR) is 60.4 cm³/mol. The highest BCUT2D eigenvalue weighted by Crippen LogP contribution is 2.20. The summed E-state index contributed by atoms with van der Waals surface area (Å²) in [6, 6.07) is 9.01. The molecule has 0 unspecified atom stereocenters. The molecule has 3 nitrogen and oxygen atoms in total. The fourth-order valence-corrected chi connectivity index (χ4v) is 1.76. The van der Waals surface area contributed by atoms with Gasteiger partial charge in [-0.2, -0.15) is 0 Å². The largest absolute Gasteiger partial charge is 0.478 e. The van der Waals surface area contributed by atoms with Crippen molar-refractivity contribution in [2.45, 2.75) is 0 Å². The fourth-order valence-electron chi connectivity index (χ4n) is 1.34. The van der Waals surface area contributed by atoms with Crippen LogP contribution in [0.1, 0.15) is 10.4 Å². The van der Waals surface area contributed by atoms with Gasteiger partial charge in [-0.3, -0.25) is 0 Å². The van der Waals surface area contributed by atoms with Crippen LogP contribution in [0.15, 0.2) is 47.2 Å². The van der Waals surface area contributed by atoms with Crippen molar-refractivity contribution >= 4 is 21.9 Å². The van der Waals surface area contributed by atoms with Crippen molar-refractivity contribution in [1.29, 1.82) is 0 Å². The number of halogens is 1. The van der Waals surface area contributed by atoms with Gasteiger partial charge in [0, 0.05) is 22.6 Å². The van der Waals surface area contributed by atoms with E-state index in [1.807, 2.05) is 35.2 Å². The van der Waals surface area contributed by atoms with E-state index in [-0.39, 0.29) is 5.56 Å². The van der Waals surface area contributed by atoms with E-state index >= 15 is 0 Å². The van der Waals surface area contributed by atoms with Crippen LogP contribution in [0, 0.1) is 0 Å². The Labute approximate surface area is 95.1 Å². The van der Waals surface area contributed by atoms with Gasteiger partial charge in [-0.25, -0.2) is 4.79 Å². The third-order valence-corrected chi connectivity index (χ3v) is 2.77. The number of hydrogen-bond acceptors (Lipinski definition) is 1. The van der Waals surface area contributed by atoms with Crippen LogP contribution in [0.3, 0.4) is 0 Å². The molecule has 4 heteroatoms. The number of carbonyl (C=O) groups is 1. The second kappa shape index (κ2) is 3.90. The van der Waals surface area contributed by atoms with Crippen molar-refractivity contribution in [3.8, 4) is 5.69 Å². The Morgan fingerprint density at radius 2 is 1.93 bits per heavy atom. The van der Waals surface area contributed by atoms with Gasteiger partial charge < -0.3 is 9.67 Å². The zero-order chi connectivity index (χ0) is 10.8. The first kappa shape index (κ1) is 9.98. The molecule has 15 heavy (non-hydrogen) atoms. The van der Waals surface area contributed by atoms with Crippen LogP contribution in [0.25, 0.3) is 5.69 Å². The maximum Gasteiger partial charge on any atom is 0.336 e. The lowest BCUT2D eigenvalue weighted by molar-refractivity contribution is 0.0696. The third-order valence-electron chi connectivity index (χ3n) is 2.08. The number of benzene rings is 1. The van der Waals surface area contributed by atoms with E-state index in [2.05, 4.69) is 15.9 Å². The molecule has 0 aliphatic carbocycles. The Kier molecular flexibility index (Phi) is 2.60. The maximum atomic E-state index is 10.9. The lowest BCUT2D eigenvalue weighted by Gasteiger charge is -2.05. The summed E-state index contributed by atoms with van der Waals surface area (Å²) in [5.74, 6) is -0.934. The van der Waals surface area contributed by atoms with Gasteiger partial charge in [0.05, 0.1) is 5.56 Å². The summed E-state index contributed by atoms with van der Waals surface area (Å²) in [6.07, 6.45) is 3.74. The number of carboxylic acids is 1. The Bertz CT molecular complexity index is 491. The number of nitrogens with zero attached hydrogens (tertiary/aromatic N) is 1. The van der Waals surface area contributed by atoms with Crippen LogP contribution in [-0.2, 0) is 0 Å². The van der Waals surface area contributed by atoms with E-state index in [0.29, 0.717) is 4.47 Å². The van der Waals surface area contributed by atoms with Gasteiger partial charge in [0.2, 0.25) is 0 Å². The second-order valence-corrected chi connectivity index (χ2v) is 3.91. The number of rotatable bonds is 2. The summed E-state index contributed by atoms with van der Waals surface area (Å²) < 4.78 is 2.45. The molecule has 0 aliphatic rings. The van der Waals surface area contributed by atoms with Gasteiger partial charge in [-0.15, -0.1) is 0 Å². The van der Waals surface area contributed by atoms with Crippen molar-refractivity contribution in [2.24, 2.45) is 0 Å². The van der Waals surface area contributed by atoms with E-state index < -0.39 is 5.97 Å². The normalized spacial score (nSPS) is 10.2. The van der Waals surface area contributed by atoms with Gasteiger partial charge in [0.25, 0.3) is 0 Å². The molecule has 1 aromatic heterocycles. The van der Waals surface area contributed by atoms with Gasteiger partial charge in [0.1, 0.15) is 0 Å². The molecule has 1 heterocycles. The first-order valence-corrected chi connectivity index (χ1v) is 5.14. The summed E-state index contributed by atoms with van der Waals surface area (Å²) in [5.41, 5.74) is 1.10. The predicted octanol–water partition coefficient (Wildman–Crippen LogP) is 2.94. The van der Waals surface area contributed by atoms with Crippen molar-refractivity contribution in [3.05, 3.63) is 52.8 Å². The Balaban J connectivity index is 2.52. The summed E-state index contributed by atoms with van der Waals surface area (Å²) in [7, 11) is 0. The van der Waals surface area contributed by atoms with E-state index in [0.717, 1.165) is 5.69 Å². The van der Waals surface area contributed by atoms with Crippen LogP contribution in [0.5, 0.6) is 0 Å². The molecule has 0 amide bonds. The van der Waals surface area contributed by atoms with Gasteiger partial charge >= 0.3 is 5.97 Å². The molecular weight excluding hydrogens is 258 g/mol. The van der Waals surface area contributed by atoms with E-state index in [4.69, 9.17) is 5.11 Å². The molecule has 0 radical (unpaired) electrons. The van der Waals surface area contributed by atoms with Gasteiger partial charge in [-0.05, 0) is 46.3 Å². The highest BCUT2D eigenvalue weighted by Gasteiger charge is 2.09. The molecule has 0 atom stereocenters. The van der Waals surface area contributed by atoms with Crippen LogP contribution in [0.4, 0.5) is 0 Å². The summed E-state index contributed by atoms with van der Waals surface area (Å²) in [4.78, 5) is 10.9. The fraction of sp³-hybridized carbons (Fsp3) is 0. The van der Waals surface area contributed by atoms with Crippen molar-refractivity contribution in [1.82, 2.24) is 4.57 Å². The van der Waals surface area contributed by atoms with E-state index in [1.165, 1.54) is 0 Å². The molecule has 1 N–H and O–H groups in total. The smallest absolute Gasteiger partial charge is 0.336 e. The van der Waals surface area contributed by atoms with Crippen LogP contribution in [-0.4, -0.2) is 15.6 Å². The Morgan fingerprint density at radius 1 is 1.27 bits per heavy atom. The Morgan fingerprint density at radius 3 is 2.53 bits per heavy atom. The number of hydrogen-bond donors (Lipinski definition) is 1. The minimum absolute atomic E-state index is 0.265. The molecule has 0 aliphatic heterocycles. The first-order chi connectivity index (χ1) is 7.18. The first-order valence-electron chi connectivity index (χ1n) is 4.34. The zero-order valence-corrected chi connectivity index (χ0v) is 9.31. The number of aromatic carboxylic acids is 1. The van der Waals surface area contributed by atoms with E-state index in [1.54, 1.807) is 12.1 Å². The summed E-state index contributed by atoms with van der Waals surface area (Å²) in [6.45, 7) is 0. The average molecular weight is 266 g/mol. The molecule has 0 bridgehead atoms. The highest BCUT2D eigenvalue weighted by molar-refractivity contribution is 9.10. The minimum Gasteiger partial charge on any atom is -0.478 e. The van der Waals surface area contributed by atoms with Crippen molar-refractivity contribution in [2.75, 3.05) is 0 Å². The molecule has 0 fully saturated rings. The average Bonchev–Trinajstić information content (AvgIpc) is 2.71. The molecule has 2 rings (SSSR count). The Hall–Kier alpha value is -1.55. The minimum atomic E-state index is -0.934. The monoisotopic (exact) mass is 265 g/mol. The third kappa shape index (κ3) is 1.94. The summed E-state index contributed by atoms with van der Waals surface area (Å²) in [5, 5.41) is 8.95. The second-order valence-electron chi connectivity index (χ2n) is 3.06. The SMILES string of the molecule is O=C(O)c1cc(-n2cccc2)ccc1Br. The number of aromatic nitrogens is 1. The molecule has 0 spiro atoms. The standard InChI is InChI=1S/C11H8BrNO2/c12-10-4-3-8(7-9(10)11(14)15)13-5-1-2-6-13/h1-7H,(H,14,15). The van der Waals surface area contributed by atoms with Crippen molar-refractivity contribution < 1.29 is 9.90 Å². The van der Waals surface area contributed by atoms with Crippen LogP contribution >= 0.6 is 15.9 Å².